The Hall–Kier alpha value is -0.890. The minimum atomic E-state index is -1.55. The summed E-state index contributed by atoms with van der Waals surface area (Å²) in [5, 5.41) is 36.3. The van der Waals surface area contributed by atoms with Gasteiger partial charge in [-0.15, -0.1) is 0 Å². The van der Waals surface area contributed by atoms with Crippen molar-refractivity contribution < 1.29 is 30.0 Å². The summed E-state index contributed by atoms with van der Waals surface area (Å²) in [5.41, 5.74) is 0. The summed E-state index contributed by atoms with van der Waals surface area (Å²) in [4.78, 5) is 12.8. The fourth-order valence-electron chi connectivity index (χ4n) is 1.19. The predicted molar refractivity (Wildman–Crippen MR) is 59.4 cm³/mol. The fraction of sp³-hybridized carbons (Fsp3) is 0.900. The van der Waals surface area contributed by atoms with Crippen LogP contribution in [-0.4, -0.2) is 76.0 Å². The van der Waals surface area contributed by atoms with Crippen LogP contribution in [0.4, 0.5) is 4.79 Å². The fourth-order valence-corrected chi connectivity index (χ4v) is 1.19. The van der Waals surface area contributed by atoms with Crippen molar-refractivity contribution in [3.63, 3.8) is 0 Å². The Kier molecular flexibility index (Phi) is 7.81. The molecule has 7 heteroatoms. The molecule has 0 aliphatic heterocycles. The van der Waals surface area contributed by atoms with Gasteiger partial charge in [-0.1, -0.05) is 0 Å². The van der Waals surface area contributed by atoms with Crippen molar-refractivity contribution in [3.8, 4) is 0 Å². The molecule has 0 saturated carbocycles. The third-order valence-corrected chi connectivity index (χ3v) is 2.37. The zero-order chi connectivity index (χ0) is 13.4. The zero-order valence-electron chi connectivity index (χ0n) is 10.1. The van der Waals surface area contributed by atoms with Crippen molar-refractivity contribution in [2.75, 3.05) is 26.3 Å². The van der Waals surface area contributed by atoms with E-state index in [-0.39, 0.29) is 0 Å². The SMILES string of the molecule is CCN(CC)C(=O)OCC(O)C(O)C(O)CO. The van der Waals surface area contributed by atoms with Crippen LogP contribution in [-0.2, 0) is 4.74 Å². The number of amides is 1. The summed E-state index contributed by atoms with van der Waals surface area (Å²) >= 11 is 0. The highest BCUT2D eigenvalue weighted by Crippen LogP contribution is 2.02. The molecule has 0 aromatic rings. The summed E-state index contributed by atoms with van der Waals surface area (Å²) in [7, 11) is 0. The van der Waals surface area contributed by atoms with Gasteiger partial charge in [-0.2, -0.15) is 0 Å². The minimum absolute atomic E-state index is 0.437. The second kappa shape index (κ2) is 8.24. The highest BCUT2D eigenvalue weighted by molar-refractivity contribution is 5.67. The summed E-state index contributed by atoms with van der Waals surface area (Å²) in [6, 6.07) is 0. The molecule has 0 aliphatic rings. The highest BCUT2D eigenvalue weighted by Gasteiger charge is 2.25. The van der Waals surface area contributed by atoms with Gasteiger partial charge in [-0.25, -0.2) is 4.79 Å². The van der Waals surface area contributed by atoms with Gasteiger partial charge in [-0.05, 0) is 13.8 Å². The van der Waals surface area contributed by atoms with Gasteiger partial charge >= 0.3 is 6.09 Å². The molecule has 102 valence electrons. The van der Waals surface area contributed by atoms with Crippen LogP contribution in [0.2, 0.25) is 0 Å². The highest BCUT2D eigenvalue weighted by atomic mass is 16.6. The second-order valence-corrected chi connectivity index (χ2v) is 3.56. The zero-order valence-corrected chi connectivity index (χ0v) is 10.1. The van der Waals surface area contributed by atoms with Crippen LogP contribution in [0.25, 0.3) is 0 Å². The van der Waals surface area contributed by atoms with E-state index >= 15 is 0 Å². The van der Waals surface area contributed by atoms with E-state index in [2.05, 4.69) is 0 Å². The molecule has 0 fully saturated rings. The Bertz CT molecular complexity index is 221. The van der Waals surface area contributed by atoms with Gasteiger partial charge in [0, 0.05) is 13.1 Å². The monoisotopic (exact) mass is 251 g/mol. The average molecular weight is 251 g/mol. The van der Waals surface area contributed by atoms with Gasteiger partial charge in [0.15, 0.2) is 0 Å². The Morgan fingerprint density at radius 2 is 1.71 bits per heavy atom. The molecule has 0 rings (SSSR count). The Balaban J connectivity index is 4.06. The number of aliphatic hydroxyl groups excluding tert-OH is 4. The summed E-state index contributed by atoms with van der Waals surface area (Å²) in [5.74, 6) is 0. The largest absolute Gasteiger partial charge is 0.447 e. The van der Waals surface area contributed by atoms with E-state index in [0.717, 1.165) is 0 Å². The molecule has 0 radical (unpaired) electrons. The third-order valence-electron chi connectivity index (χ3n) is 2.37. The molecule has 0 heterocycles. The Labute approximate surface area is 100 Å². The second-order valence-electron chi connectivity index (χ2n) is 3.56. The van der Waals surface area contributed by atoms with E-state index in [0.29, 0.717) is 13.1 Å². The van der Waals surface area contributed by atoms with Crippen molar-refractivity contribution in [1.82, 2.24) is 4.90 Å². The maximum atomic E-state index is 11.4. The average Bonchev–Trinajstić information content (AvgIpc) is 2.35. The lowest BCUT2D eigenvalue weighted by Gasteiger charge is -2.23. The van der Waals surface area contributed by atoms with Crippen molar-refractivity contribution in [2.24, 2.45) is 0 Å². The minimum Gasteiger partial charge on any atom is -0.447 e. The molecule has 0 spiro atoms. The van der Waals surface area contributed by atoms with Gasteiger partial charge in [0.1, 0.15) is 24.9 Å². The lowest BCUT2D eigenvalue weighted by molar-refractivity contribution is -0.0926. The molecular formula is C10H21NO6. The summed E-state index contributed by atoms with van der Waals surface area (Å²) < 4.78 is 4.75. The molecule has 7 nitrogen and oxygen atoms in total. The maximum absolute atomic E-state index is 11.4. The first-order valence-electron chi connectivity index (χ1n) is 5.54. The van der Waals surface area contributed by atoms with Crippen molar-refractivity contribution in [2.45, 2.75) is 32.2 Å². The molecule has 1 amide bonds. The molecule has 3 atom stereocenters. The van der Waals surface area contributed by atoms with Crippen LogP contribution in [0, 0.1) is 0 Å². The first-order chi connectivity index (χ1) is 7.97. The van der Waals surface area contributed by atoms with Crippen LogP contribution in [0.1, 0.15) is 13.8 Å². The van der Waals surface area contributed by atoms with E-state index in [1.165, 1.54) is 4.90 Å². The molecule has 0 aromatic carbocycles. The van der Waals surface area contributed by atoms with E-state index in [1.807, 2.05) is 0 Å². The van der Waals surface area contributed by atoms with E-state index in [1.54, 1.807) is 13.8 Å². The number of hydrogen-bond acceptors (Lipinski definition) is 6. The Morgan fingerprint density at radius 1 is 1.18 bits per heavy atom. The van der Waals surface area contributed by atoms with Crippen LogP contribution in [0.3, 0.4) is 0 Å². The van der Waals surface area contributed by atoms with E-state index < -0.39 is 37.6 Å². The maximum Gasteiger partial charge on any atom is 0.409 e. The van der Waals surface area contributed by atoms with Crippen molar-refractivity contribution in [1.29, 1.82) is 0 Å². The molecule has 4 N–H and O–H groups in total. The Morgan fingerprint density at radius 3 is 2.12 bits per heavy atom. The van der Waals surface area contributed by atoms with Gasteiger partial charge in [-0.3, -0.25) is 0 Å². The number of carbonyl (C=O) groups excluding carboxylic acids is 1. The van der Waals surface area contributed by atoms with Crippen molar-refractivity contribution >= 4 is 6.09 Å². The number of hydrogen-bond donors (Lipinski definition) is 4. The van der Waals surface area contributed by atoms with Crippen molar-refractivity contribution in [3.05, 3.63) is 0 Å². The van der Waals surface area contributed by atoms with Crippen LogP contribution >= 0.6 is 0 Å². The topological polar surface area (TPSA) is 110 Å². The molecule has 0 saturated heterocycles. The van der Waals surface area contributed by atoms with E-state index in [9.17, 15) is 15.0 Å². The number of aliphatic hydroxyl groups is 4. The standard InChI is InChI=1S/C10H21NO6/c1-3-11(4-2)10(16)17-6-8(14)9(15)7(13)5-12/h7-9,12-15H,3-6H2,1-2H3. The van der Waals surface area contributed by atoms with Crippen LogP contribution in [0.15, 0.2) is 0 Å². The van der Waals surface area contributed by atoms with Gasteiger partial charge < -0.3 is 30.1 Å². The van der Waals surface area contributed by atoms with Gasteiger partial charge in [0.05, 0.1) is 6.61 Å². The first-order valence-corrected chi connectivity index (χ1v) is 5.54. The summed E-state index contributed by atoms with van der Waals surface area (Å²) in [6.45, 7) is 3.41. The number of nitrogens with zero attached hydrogens (tertiary/aromatic N) is 1. The molecular weight excluding hydrogens is 230 g/mol. The smallest absolute Gasteiger partial charge is 0.409 e. The van der Waals surface area contributed by atoms with Gasteiger partial charge in [0.2, 0.25) is 0 Å². The van der Waals surface area contributed by atoms with Gasteiger partial charge in [0.25, 0.3) is 0 Å². The lowest BCUT2D eigenvalue weighted by atomic mass is 10.1. The molecule has 0 aromatic heterocycles. The van der Waals surface area contributed by atoms with Crippen LogP contribution < -0.4 is 0 Å². The predicted octanol–water partition coefficient (Wildman–Crippen LogP) is -1.46. The molecule has 3 unspecified atom stereocenters. The summed E-state index contributed by atoms with van der Waals surface area (Å²) in [6.07, 6.45) is -5.04. The van der Waals surface area contributed by atoms with E-state index in [4.69, 9.17) is 14.9 Å². The number of carbonyl (C=O) groups is 1. The van der Waals surface area contributed by atoms with Crippen LogP contribution in [0.5, 0.6) is 0 Å². The molecule has 17 heavy (non-hydrogen) atoms. The normalized spacial score (nSPS) is 16.1. The quantitative estimate of drug-likeness (QED) is 0.440. The molecule has 0 bridgehead atoms. The molecule has 0 aliphatic carbocycles. The lowest BCUT2D eigenvalue weighted by Crippen LogP contribution is -2.43. The third kappa shape index (κ3) is 5.31. The number of ether oxygens (including phenoxy) is 1. The first kappa shape index (κ1) is 16.1. The number of rotatable bonds is 7.